The summed E-state index contributed by atoms with van der Waals surface area (Å²) < 4.78 is 52.7. The topological polar surface area (TPSA) is 106 Å². The van der Waals surface area contributed by atoms with Gasteiger partial charge in [-0.2, -0.15) is 13.2 Å². The normalized spacial score (nSPS) is 34.5. The molecular formula is C28H38F3NO6S. The summed E-state index contributed by atoms with van der Waals surface area (Å²) in [5.41, 5.74) is -1.10. The fourth-order valence-corrected chi connectivity index (χ4v) is 5.91. The molecule has 1 aliphatic heterocycles. The number of nitrogens with zero attached hydrogens (tertiary/aromatic N) is 1. The highest BCUT2D eigenvalue weighted by Crippen LogP contribution is 2.52. The Balaban J connectivity index is 1.98. The number of aromatic nitrogens is 1. The van der Waals surface area contributed by atoms with Crippen molar-refractivity contribution in [2.24, 2.45) is 29.1 Å². The molecule has 1 aliphatic carbocycles. The number of Topliss-reactive ketones (excluding diaryl/α,β-unsaturated/α-hetero) is 1. The third-order valence-electron chi connectivity index (χ3n) is 8.20. The van der Waals surface area contributed by atoms with E-state index >= 15 is 0 Å². The highest BCUT2D eigenvalue weighted by molar-refractivity contribution is 7.11. The van der Waals surface area contributed by atoms with Crippen molar-refractivity contribution in [1.82, 2.24) is 4.98 Å². The fraction of sp³-hybridized carbons (Fsp3) is 0.679. The standard InChI is InChI=1S/C28H38F3NO6S/c1-14(9-19-13-39-26(32-19)37-6)21-8-7-18(28(29,30)31)10-17-11-20(17)15(2)24(35)16(3)25(36)27(4,5)22(33)12-23(34)38-21/h7,9,13,15-17,20-22,24,33,35H,8,10-12H2,1-6H3/b14-9+,18-7+/t15-,16+,17-,20+,21-,22-,24-/m0/s1. The number of methoxy groups -OCH3 is 1. The summed E-state index contributed by atoms with van der Waals surface area (Å²) in [6.07, 6.45) is -5.90. The van der Waals surface area contributed by atoms with Gasteiger partial charge in [0.25, 0.3) is 5.19 Å². The molecule has 0 bridgehead atoms. The van der Waals surface area contributed by atoms with Gasteiger partial charge in [0.1, 0.15) is 11.9 Å². The van der Waals surface area contributed by atoms with Gasteiger partial charge in [-0.05, 0) is 49.2 Å². The van der Waals surface area contributed by atoms with Crippen LogP contribution in [0.15, 0.2) is 22.6 Å². The maximum atomic E-state index is 14.0. The predicted octanol–water partition coefficient (Wildman–Crippen LogP) is 5.36. The molecular weight excluding hydrogens is 535 g/mol. The van der Waals surface area contributed by atoms with Crippen LogP contribution in [-0.2, 0) is 14.3 Å². The molecule has 1 fully saturated rings. The van der Waals surface area contributed by atoms with Crippen LogP contribution in [0.2, 0.25) is 0 Å². The lowest BCUT2D eigenvalue weighted by Gasteiger charge is -2.34. The molecule has 0 spiro atoms. The van der Waals surface area contributed by atoms with Crippen molar-refractivity contribution in [3.8, 4) is 5.19 Å². The lowest BCUT2D eigenvalue weighted by atomic mass is 9.72. The van der Waals surface area contributed by atoms with E-state index in [-0.39, 0.29) is 24.7 Å². The average Bonchev–Trinajstić information content (AvgIpc) is 3.49. The lowest BCUT2D eigenvalue weighted by molar-refractivity contribution is -0.154. The number of alkyl halides is 3. The van der Waals surface area contributed by atoms with Crippen LogP contribution < -0.4 is 4.74 Å². The summed E-state index contributed by atoms with van der Waals surface area (Å²) >= 11 is 1.25. The second-order valence-electron chi connectivity index (χ2n) is 11.4. The number of rotatable bonds is 3. The van der Waals surface area contributed by atoms with E-state index in [2.05, 4.69) is 4.98 Å². The second-order valence-corrected chi connectivity index (χ2v) is 12.2. The molecule has 0 unspecified atom stereocenters. The molecule has 1 aromatic rings. The van der Waals surface area contributed by atoms with E-state index in [9.17, 15) is 33.0 Å². The minimum Gasteiger partial charge on any atom is -0.473 e. The average molecular weight is 574 g/mol. The maximum Gasteiger partial charge on any atom is 0.412 e. The Kier molecular flexibility index (Phi) is 9.71. The molecule has 2 heterocycles. The van der Waals surface area contributed by atoms with E-state index in [1.807, 2.05) is 0 Å². The number of thiazole rings is 1. The van der Waals surface area contributed by atoms with Gasteiger partial charge in [-0.15, -0.1) is 0 Å². The largest absolute Gasteiger partial charge is 0.473 e. The van der Waals surface area contributed by atoms with E-state index in [4.69, 9.17) is 9.47 Å². The van der Waals surface area contributed by atoms with E-state index < -0.39 is 65.5 Å². The molecule has 1 saturated carbocycles. The summed E-state index contributed by atoms with van der Waals surface area (Å²) in [7, 11) is 1.47. The first-order valence-corrected chi connectivity index (χ1v) is 14.0. The SMILES string of the molecule is COc1nc(/C=C(\C)[C@@H]2C/C=C(/C(F)(F)F)C[C@H]3C[C@@H]3[C@H](C)[C@H](O)[C@@H](C)C(=O)C(C)(C)[C@@H](O)CC(=O)O2)cs1. The van der Waals surface area contributed by atoms with Crippen LogP contribution in [0.3, 0.4) is 0 Å². The first-order chi connectivity index (χ1) is 18.1. The van der Waals surface area contributed by atoms with Crippen molar-refractivity contribution in [2.75, 3.05) is 7.11 Å². The number of allylic oxidation sites excluding steroid dienone is 1. The Labute approximate surface area is 231 Å². The number of halogens is 3. The van der Waals surface area contributed by atoms with Crippen LogP contribution in [0.4, 0.5) is 13.2 Å². The zero-order valence-electron chi connectivity index (χ0n) is 23.1. The van der Waals surface area contributed by atoms with Crippen molar-refractivity contribution >= 4 is 29.2 Å². The molecule has 39 heavy (non-hydrogen) atoms. The zero-order valence-corrected chi connectivity index (χ0v) is 23.9. The second kappa shape index (κ2) is 12.1. The summed E-state index contributed by atoms with van der Waals surface area (Å²) in [5.74, 6) is -2.99. The van der Waals surface area contributed by atoms with Crippen LogP contribution in [0.1, 0.15) is 66.0 Å². The maximum absolute atomic E-state index is 14.0. The smallest absolute Gasteiger partial charge is 0.412 e. The minimum absolute atomic E-state index is 0.156. The van der Waals surface area contributed by atoms with Crippen molar-refractivity contribution in [3.63, 3.8) is 0 Å². The van der Waals surface area contributed by atoms with Gasteiger partial charge in [0, 0.05) is 23.3 Å². The Bertz CT molecular complexity index is 1110. The van der Waals surface area contributed by atoms with Crippen molar-refractivity contribution < 1.29 is 42.4 Å². The number of ketones is 1. The number of aliphatic hydroxyl groups is 2. The summed E-state index contributed by atoms with van der Waals surface area (Å²) in [4.78, 5) is 30.4. The van der Waals surface area contributed by atoms with Gasteiger partial charge in [-0.25, -0.2) is 4.98 Å². The van der Waals surface area contributed by atoms with Gasteiger partial charge < -0.3 is 19.7 Å². The molecule has 11 heteroatoms. The van der Waals surface area contributed by atoms with Crippen LogP contribution in [0.25, 0.3) is 6.08 Å². The van der Waals surface area contributed by atoms with Crippen LogP contribution >= 0.6 is 11.3 Å². The first kappa shape index (κ1) is 31.3. The first-order valence-electron chi connectivity index (χ1n) is 13.1. The van der Waals surface area contributed by atoms with Gasteiger partial charge in [0.2, 0.25) is 0 Å². The molecule has 2 N–H and O–H groups in total. The van der Waals surface area contributed by atoms with Gasteiger partial charge >= 0.3 is 12.1 Å². The van der Waals surface area contributed by atoms with Gasteiger partial charge in [-0.3, -0.25) is 9.59 Å². The van der Waals surface area contributed by atoms with E-state index in [0.29, 0.717) is 22.9 Å². The van der Waals surface area contributed by atoms with E-state index in [0.717, 1.165) is 6.08 Å². The quantitative estimate of drug-likeness (QED) is 0.370. The Hall–Kier alpha value is -2.24. The van der Waals surface area contributed by atoms with Crippen molar-refractivity contribution in [1.29, 1.82) is 0 Å². The third kappa shape index (κ3) is 7.49. The Morgan fingerprint density at radius 1 is 1.23 bits per heavy atom. The van der Waals surface area contributed by atoms with Crippen LogP contribution in [0, 0.1) is 29.1 Å². The van der Waals surface area contributed by atoms with E-state index in [1.165, 1.54) is 32.3 Å². The molecule has 0 amide bonds. The molecule has 0 radical (unpaired) electrons. The summed E-state index contributed by atoms with van der Waals surface area (Å²) in [6.45, 7) is 7.96. The predicted molar refractivity (Wildman–Crippen MR) is 141 cm³/mol. The van der Waals surface area contributed by atoms with E-state index in [1.54, 1.807) is 32.2 Å². The molecule has 3 rings (SSSR count). The van der Waals surface area contributed by atoms with Gasteiger partial charge in [0.05, 0.1) is 36.8 Å². The molecule has 218 valence electrons. The summed E-state index contributed by atoms with van der Waals surface area (Å²) in [6, 6.07) is 0. The Morgan fingerprint density at radius 3 is 2.49 bits per heavy atom. The molecule has 2 aliphatic rings. The third-order valence-corrected chi connectivity index (χ3v) is 9.02. The lowest BCUT2D eigenvalue weighted by Crippen LogP contribution is -2.46. The van der Waals surface area contributed by atoms with Crippen molar-refractivity contribution in [2.45, 2.75) is 84.8 Å². The highest BCUT2D eigenvalue weighted by atomic mass is 32.1. The number of hydrogen-bond acceptors (Lipinski definition) is 8. The van der Waals surface area contributed by atoms with Crippen LogP contribution in [-0.4, -0.2) is 58.5 Å². The Morgan fingerprint density at radius 2 is 1.90 bits per heavy atom. The van der Waals surface area contributed by atoms with Gasteiger partial charge in [-0.1, -0.05) is 45.1 Å². The molecule has 1 aromatic heterocycles. The number of cyclic esters (lactones) is 1. The minimum atomic E-state index is -4.57. The molecule has 7 nitrogen and oxygen atoms in total. The molecule has 0 aromatic carbocycles. The van der Waals surface area contributed by atoms with Crippen LogP contribution in [0.5, 0.6) is 5.19 Å². The number of hydrogen-bond donors (Lipinski definition) is 2. The van der Waals surface area contributed by atoms with Gasteiger partial charge in [0.15, 0.2) is 0 Å². The number of carbonyl (C=O) groups excluding carboxylic acids is 2. The fourth-order valence-electron chi connectivity index (χ4n) is 5.31. The molecule has 7 atom stereocenters. The number of fused-ring (bicyclic) bond motifs is 1. The number of ether oxygens (including phenoxy) is 2. The number of aliphatic hydroxyl groups excluding tert-OH is 2. The summed E-state index contributed by atoms with van der Waals surface area (Å²) in [5, 5.41) is 23.9. The highest BCUT2D eigenvalue weighted by Gasteiger charge is 2.49. The van der Waals surface area contributed by atoms with Crippen molar-refractivity contribution in [3.05, 3.63) is 28.3 Å². The zero-order chi connectivity index (χ0) is 29.3. The number of esters is 1. The monoisotopic (exact) mass is 573 g/mol. The number of carbonyl (C=O) groups is 2. The molecule has 0 saturated heterocycles.